The van der Waals surface area contributed by atoms with Gasteiger partial charge in [0.25, 0.3) is 0 Å². The molecule has 0 unspecified atom stereocenters. The number of benzene rings is 1. The molecular weight excluding hydrogens is 310 g/mol. The molecule has 0 N–H and O–H groups in total. The molecule has 2 rings (SSSR count). The number of furan rings is 1. The van der Waals surface area contributed by atoms with Crippen LogP contribution in [0, 0.1) is 10.1 Å². The molecular formula is C15H12ClNO5. The van der Waals surface area contributed by atoms with Crippen molar-refractivity contribution >= 4 is 28.6 Å². The number of rotatable bonds is 6. The third kappa shape index (κ3) is 3.73. The quantitative estimate of drug-likeness (QED) is 0.347. The summed E-state index contributed by atoms with van der Waals surface area (Å²) in [6.07, 6.45) is 2.58. The van der Waals surface area contributed by atoms with Crippen LogP contribution in [0.2, 0.25) is 0 Å². The molecule has 0 saturated carbocycles. The van der Waals surface area contributed by atoms with E-state index >= 15 is 0 Å². The van der Waals surface area contributed by atoms with E-state index in [1.54, 1.807) is 25.1 Å². The molecule has 0 fully saturated rings. The fourth-order valence-corrected chi connectivity index (χ4v) is 1.90. The van der Waals surface area contributed by atoms with Crippen molar-refractivity contribution in [3.8, 4) is 17.1 Å². The Bertz CT molecular complexity index is 735. The molecule has 0 saturated heterocycles. The molecule has 0 atom stereocenters. The lowest BCUT2D eigenvalue weighted by atomic mass is 10.1. The van der Waals surface area contributed by atoms with Gasteiger partial charge in [0.2, 0.25) is 5.24 Å². The number of carbonyl (C=O) groups excluding carboxylic acids is 1. The van der Waals surface area contributed by atoms with Crippen LogP contribution in [-0.2, 0) is 4.79 Å². The van der Waals surface area contributed by atoms with Gasteiger partial charge in [-0.3, -0.25) is 14.9 Å². The van der Waals surface area contributed by atoms with Gasteiger partial charge in [-0.05, 0) is 48.9 Å². The van der Waals surface area contributed by atoms with E-state index in [0.717, 1.165) is 6.08 Å². The number of allylic oxidation sites excluding steroid dienone is 1. The highest BCUT2D eigenvalue weighted by Crippen LogP contribution is 2.33. The molecule has 0 aliphatic heterocycles. The number of hydrogen-bond acceptors (Lipinski definition) is 5. The zero-order valence-corrected chi connectivity index (χ0v) is 12.4. The zero-order valence-electron chi connectivity index (χ0n) is 11.6. The van der Waals surface area contributed by atoms with E-state index in [1.807, 2.05) is 0 Å². The van der Waals surface area contributed by atoms with Crippen molar-refractivity contribution in [2.75, 3.05) is 6.61 Å². The monoisotopic (exact) mass is 321 g/mol. The molecule has 0 aliphatic rings. The number of hydrogen-bond donors (Lipinski definition) is 0. The zero-order chi connectivity index (χ0) is 16.1. The fourth-order valence-electron chi connectivity index (χ4n) is 1.84. The summed E-state index contributed by atoms with van der Waals surface area (Å²) in [6, 6.07) is 7.85. The molecule has 0 bridgehead atoms. The second-order valence-corrected chi connectivity index (χ2v) is 4.58. The average molecular weight is 322 g/mol. The Morgan fingerprint density at radius 1 is 1.41 bits per heavy atom. The molecule has 1 heterocycles. The predicted molar refractivity (Wildman–Crippen MR) is 81.9 cm³/mol. The van der Waals surface area contributed by atoms with Crippen LogP contribution in [0.15, 0.2) is 40.8 Å². The van der Waals surface area contributed by atoms with Gasteiger partial charge in [0.1, 0.15) is 11.5 Å². The summed E-state index contributed by atoms with van der Waals surface area (Å²) in [4.78, 5) is 21.2. The third-order valence-electron chi connectivity index (χ3n) is 2.75. The van der Waals surface area contributed by atoms with Crippen LogP contribution in [-0.4, -0.2) is 16.8 Å². The molecule has 0 amide bonds. The maximum atomic E-state index is 11.1. The molecule has 0 spiro atoms. The molecule has 2 aromatic rings. The number of nitrogens with zero attached hydrogens (tertiary/aromatic N) is 1. The lowest BCUT2D eigenvalue weighted by Crippen LogP contribution is -1.97. The first-order chi connectivity index (χ1) is 10.5. The minimum Gasteiger partial charge on any atom is -0.487 e. The second-order valence-electron chi connectivity index (χ2n) is 4.21. The first-order valence-corrected chi connectivity index (χ1v) is 6.78. The van der Waals surface area contributed by atoms with Crippen molar-refractivity contribution in [1.82, 2.24) is 0 Å². The van der Waals surface area contributed by atoms with Crippen LogP contribution >= 0.6 is 11.6 Å². The van der Waals surface area contributed by atoms with Gasteiger partial charge >= 0.3 is 5.69 Å². The van der Waals surface area contributed by atoms with Crippen molar-refractivity contribution in [2.24, 2.45) is 0 Å². The van der Waals surface area contributed by atoms with Crippen LogP contribution in [0.1, 0.15) is 12.7 Å². The lowest BCUT2D eigenvalue weighted by molar-refractivity contribution is -0.385. The lowest BCUT2D eigenvalue weighted by Gasteiger charge is -2.05. The summed E-state index contributed by atoms with van der Waals surface area (Å²) < 4.78 is 10.7. The summed E-state index contributed by atoms with van der Waals surface area (Å²) in [6.45, 7) is 2.09. The van der Waals surface area contributed by atoms with E-state index in [4.69, 9.17) is 20.8 Å². The molecule has 7 heteroatoms. The van der Waals surface area contributed by atoms with Crippen molar-refractivity contribution in [2.45, 2.75) is 6.92 Å². The highest BCUT2D eigenvalue weighted by atomic mass is 35.5. The molecule has 1 aromatic carbocycles. The Balaban J connectivity index is 2.35. The molecule has 114 valence electrons. The molecule has 0 aliphatic carbocycles. The molecule has 1 aromatic heterocycles. The Hall–Kier alpha value is -2.60. The van der Waals surface area contributed by atoms with E-state index in [0.29, 0.717) is 23.7 Å². The Kier molecular flexibility index (Phi) is 4.95. The standard InChI is InChI=1S/C15H12ClNO5/c1-2-21-14-6-3-10(9-12(14)17(19)20)13-7-4-11(22-13)5-8-15(16)18/h3-9H,2H2,1H3/b8-5+. The van der Waals surface area contributed by atoms with E-state index < -0.39 is 10.2 Å². The summed E-state index contributed by atoms with van der Waals surface area (Å²) in [7, 11) is 0. The van der Waals surface area contributed by atoms with Crippen LogP contribution in [0.25, 0.3) is 17.4 Å². The number of nitro groups is 1. The van der Waals surface area contributed by atoms with Gasteiger partial charge in [0.05, 0.1) is 11.5 Å². The molecule has 6 nitrogen and oxygen atoms in total. The topological polar surface area (TPSA) is 82.6 Å². The third-order valence-corrected chi connectivity index (χ3v) is 2.87. The van der Waals surface area contributed by atoms with Crippen molar-refractivity contribution < 1.29 is 18.9 Å². The number of halogens is 1. The smallest absolute Gasteiger partial charge is 0.311 e. The van der Waals surface area contributed by atoms with Crippen molar-refractivity contribution in [1.29, 1.82) is 0 Å². The van der Waals surface area contributed by atoms with Crippen molar-refractivity contribution in [3.05, 3.63) is 52.3 Å². The summed E-state index contributed by atoms with van der Waals surface area (Å²) in [5.41, 5.74) is 0.399. The maximum absolute atomic E-state index is 11.1. The van der Waals surface area contributed by atoms with Gasteiger partial charge in [-0.15, -0.1) is 0 Å². The van der Waals surface area contributed by atoms with Crippen LogP contribution in [0.5, 0.6) is 5.75 Å². The van der Waals surface area contributed by atoms with Gasteiger partial charge in [-0.25, -0.2) is 0 Å². The fraction of sp³-hybridized carbons (Fsp3) is 0.133. The SMILES string of the molecule is CCOc1ccc(-c2ccc(/C=C/C(=O)Cl)o2)cc1[N+](=O)[O-]. The van der Waals surface area contributed by atoms with Crippen LogP contribution in [0.4, 0.5) is 5.69 Å². The maximum Gasteiger partial charge on any atom is 0.311 e. The highest BCUT2D eigenvalue weighted by molar-refractivity contribution is 6.66. The van der Waals surface area contributed by atoms with E-state index in [2.05, 4.69) is 0 Å². The number of ether oxygens (including phenoxy) is 1. The largest absolute Gasteiger partial charge is 0.487 e. The van der Waals surface area contributed by atoms with Gasteiger partial charge in [0.15, 0.2) is 5.75 Å². The Morgan fingerprint density at radius 3 is 2.82 bits per heavy atom. The van der Waals surface area contributed by atoms with E-state index in [1.165, 1.54) is 18.2 Å². The van der Waals surface area contributed by atoms with Gasteiger partial charge in [-0.2, -0.15) is 0 Å². The summed E-state index contributed by atoms with van der Waals surface area (Å²) >= 11 is 5.20. The Morgan fingerprint density at radius 2 is 2.18 bits per heavy atom. The van der Waals surface area contributed by atoms with E-state index in [9.17, 15) is 14.9 Å². The number of nitro benzene ring substituents is 1. The number of carbonyl (C=O) groups is 1. The van der Waals surface area contributed by atoms with Crippen LogP contribution in [0.3, 0.4) is 0 Å². The highest BCUT2D eigenvalue weighted by Gasteiger charge is 2.17. The first kappa shape index (κ1) is 15.8. The average Bonchev–Trinajstić information content (AvgIpc) is 2.94. The Labute approximate surface area is 131 Å². The van der Waals surface area contributed by atoms with Gasteiger partial charge in [0, 0.05) is 17.7 Å². The second kappa shape index (κ2) is 6.91. The van der Waals surface area contributed by atoms with E-state index in [-0.39, 0.29) is 11.4 Å². The van der Waals surface area contributed by atoms with Gasteiger partial charge < -0.3 is 9.15 Å². The van der Waals surface area contributed by atoms with Crippen molar-refractivity contribution in [3.63, 3.8) is 0 Å². The predicted octanol–water partition coefficient (Wildman–Crippen LogP) is 4.03. The normalized spacial score (nSPS) is 10.8. The minimum absolute atomic E-state index is 0.135. The first-order valence-electron chi connectivity index (χ1n) is 6.40. The van der Waals surface area contributed by atoms with Gasteiger partial charge in [-0.1, -0.05) is 0 Å². The molecule has 22 heavy (non-hydrogen) atoms. The summed E-state index contributed by atoms with van der Waals surface area (Å²) in [5.74, 6) is 1.06. The minimum atomic E-state index is -0.616. The summed E-state index contributed by atoms with van der Waals surface area (Å²) in [5, 5.41) is 10.5. The molecule has 0 radical (unpaired) electrons. The van der Waals surface area contributed by atoms with Crippen LogP contribution < -0.4 is 4.74 Å².